The molecule has 2 rings (SSSR count). The molecule has 0 radical (unpaired) electrons. The largest absolute Gasteiger partial charge is 0.465 e. The molecule has 2 aliphatic rings. The number of hydrogen-bond acceptors (Lipinski definition) is 2. The second-order valence-corrected chi connectivity index (χ2v) is 12.1. The summed E-state index contributed by atoms with van der Waals surface area (Å²) in [6, 6.07) is 0.000347. The van der Waals surface area contributed by atoms with E-state index in [1.165, 1.54) is 6.42 Å². The molecule has 4 atom stereocenters. The summed E-state index contributed by atoms with van der Waals surface area (Å²) in [5, 5.41) is 11.7. The van der Waals surface area contributed by atoms with Crippen LogP contribution in [0, 0.1) is 11.8 Å². The molecule has 2 aliphatic carbocycles. The molecule has 2 fully saturated rings. The molecular formula is C13H25NO3Si. The van der Waals surface area contributed by atoms with Crippen molar-refractivity contribution in [2.45, 2.75) is 63.9 Å². The van der Waals surface area contributed by atoms with E-state index in [-0.39, 0.29) is 17.2 Å². The Hall–Kier alpha value is -0.553. The van der Waals surface area contributed by atoms with Gasteiger partial charge in [-0.3, -0.25) is 0 Å². The Morgan fingerprint density at radius 3 is 2.44 bits per heavy atom. The van der Waals surface area contributed by atoms with Crippen LogP contribution < -0.4 is 5.32 Å². The average molecular weight is 271 g/mol. The summed E-state index contributed by atoms with van der Waals surface area (Å²) in [6.07, 6.45) is 1.35. The zero-order valence-corrected chi connectivity index (χ0v) is 13.0. The van der Waals surface area contributed by atoms with Gasteiger partial charge in [-0.05, 0) is 42.8 Å². The van der Waals surface area contributed by atoms with Gasteiger partial charge in [0.2, 0.25) is 0 Å². The van der Waals surface area contributed by atoms with Crippen molar-refractivity contribution in [1.29, 1.82) is 0 Å². The van der Waals surface area contributed by atoms with Crippen LogP contribution in [0.3, 0.4) is 0 Å². The molecule has 0 heterocycles. The number of carbonyl (C=O) groups is 1. The van der Waals surface area contributed by atoms with Crippen molar-refractivity contribution in [3.8, 4) is 0 Å². The van der Waals surface area contributed by atoms with E-state index in [2.05, 4.69) is 39.2 Å². The molecular weight excluding hydrogens is 246 g/mol. The van der Waals surface area contributed by atoms with Crippen molar-refractivity contribution in [2.24, 2.45) is 11.8 Å². The molecule has 1 amide bonds. The van der Waals surface area contributed by atoms with E-state index in [0.29, 0.717) is 11.8 Å². The van der Waals surface area contributed by atoms with Crippen LogP contribution in [0.5, 0.6) is 0 Å². The van der Waals surface area contributed by atoms with E-state index in [0.717, 1.165) is 6.42 Å². The topological polar surface area (TPSA) is 58.6 Å². The van der Waals surface area contributed by atoms with Gasteiger partial charge in [0.1, 0.15) is 0 Å². The van der Waals surface area contributed by atoms with Crippen LogP contribution in [0.25, 0.3) is 0 Å². The lowest BCUT2D eigenvalue weighted by molar-refractivity contribution is 0.126. The number of nitrogens with one attached hydrogen (secondary N) is 1. The first-order chi connectivity index (χ1) is 8.12. The van der Waals surface area contributed by atoms with Gasteiger partial charge >= 0.3 is 6.09 Å². The minimum atomic E-state index is -1.81. The van der Waals surface area contributed by atoms with E-state index in [4.69, 9.17) is 9.53 Å². The summed E-state index contributed by atoms with van der Waals surface area (Å²) in [5.74, 6) is 1.28. The fraction of sp³-hybridized carbons (Fsp3) is 0.923. The van der Waals surface area contributed by atoms with Crippen LogP contribution in [0.1, 0.15) is 33.6 Å². The van der Waals surface area contributed by atoms with Gasteiger partial charge in [-0.25, -0.2) is 4.79 Å². The summed E-state index contributed by atoms with van der Waals surface area (Å²) in [7, 11) is -1.81. The third kappa shape index (κ3) is 2.57. The highest BCUT2D eigenvalue weighted by atomic mass is 28.4. The molecule has 2 N–H and O–H groups in total. The van der Waals surface area contributed by atoms with Gasteiger partial charge in [0.15, 0.2) is 8.32 Å². The highest BCUT2D eigenvalue weighted by Crippen LogP contribution is 2.54. The number of amides is 1. The fourth-order valence-electron chi connectivity index (χ4n) is 2.69. The molecule has 0 spiro atoms. The van der Waals surface area contributed by atoms with Gasteiger partial charge in [0, 0.05) is 0 Å². The van der Waals surface area contributed by atoms with E-state index in [1.807, 2.05) is 0 Å². The summed E-state index contributed by atoms with van der Waals surface area (Å²) in [4.78, 5) is 10.8. The van der Waals surface area contributed by atoms with Crippen molar-refractivity contribution in [2.75, 3.05) is 0 Å². The van der Waals surface area contributed by atoms with Crippen molar-refractivity contribution >= 4 is 14.4 Å². The Labute approximate surface area is 110 Å². The minimum Gasteiger partial charge on any atom is -0.465 e. The van der Waals surface area contributed by atoms with Gasteiger partial charge in [-0.1, -0.05) is 20.8 Å². The first-order valence-electron chi connectivity index (χ1n) is 6.79. The summed E-state index contributed by atoms with van der Waals surface area (Å²) < 4.78 is 6.44. The third-order valence-electron chi connectivity index (χ3n) is 4.90. The Bertz CT molecular complexity index is 351. The Morgan fingerprint density at radius 2 is 1.94 bits per heavy atom. The predicted octanol–water partition coefficient (Wildman–Crippen LogP) is 3.05. The van der Waals surface area contributed by atoms with Gasteiger partial charge in [-0.15, -0.1) is 0 Å². The number of fused-ring (bicyclic) bond motifs is 1. The lowest BCUT2D eigenvalue weighted by Gasteiger charge is -2.40. The Balaban J connectivity index is 2.04. The van der Waals surface area contributed by atoms with Crippen LogP contribution in [-0.4, -0.2) is 31.7 Å². The quantitative estimate of drug-likeness (QED) is 0.776. The molecule has 0 saturated heterocycles. The van der Waals surface area contributed by atoms with E-state index in [9.17, 15) is 4.79 Å². The fourth-order valence-corrected chi connectivity index (χ4v) is 4.06. The highest BCUT2D eigenvalue weighted by Gasteiger charge is 2.56. The second kappa shape index (κ2) is 4.23. The molecule has 0 aromatic carbocycles. The van der Waals surface area contributed by atoms with Crippen LogP contribution in [0.2, 0.25) is 18.1 Å². The van der Waals surface area contributed by atoms with Crippen molar-refractivity contribution in [3.63, 3.8) is 0 Å². The molecule has 104 valence electrons. The maximum Gasteiger partial charge on any atom is 0.404 e. The van der Waals surface area contributed by atoms with Gasteiger partial charge in [0.05, 0.1) is 12.1 Å². The predicted molar refractivity (Wildman–Crippen MR) is 73.2 cm³/mol. The van der Waals surface area contributed by atoms with E-state index < -0.39 is 14.4 Å². The molecule has 4 nitrogen and oxygen atoms in total. The first kappa shape index (κ1) is 13.9. The van der Waals surface area contributed by atoms with Crippen molar-refractivity contribution < 1.29 is 14.3 Å². The maximum absolute atomic E-state index is 10.8. The zero-order valence-electron chi connectivity index (χ0n) is 12.0. The Kier molecular flexibility index (Phi) is 3.26. The zero-order chi connectivity index (χ0) is 13.7. The molecule has 5 heteroatoms. The molecule has 0 unspecified atom stereocenters. The number of hydrogen-bond donors (Lipinski definition) is 2. The molecule has 0 aromatic heterocycles. The van der Waals surface area contributed by atoms with E-state index >= 15 is 0 Å². The average Bonchev–Trinajstić information content (AvgIpc) is 2.83. The Morgan fingerprint density at radius 1 is 1.33 bits per heavy atom. The third-order valence-corrected chi connectivity index (χ3v) is 9.37. The van der Waals surface area contributed by atoms with E-state index in [1.54, 1.807) is 0 Å². The number of rotatable bonds is 3. The second-order valence-electron chi connectivity index (χ2n) is 7.29. The molecule has 0 aromatic rings. The molecule has 0 bridgehead atoms. The molecule has 18 heavy (non-hydrogen) atoms. The van der Waals surface area contributed by atoms with Crippen LogP contribution >= 0.6 is 0 Å². The van der Waals surface area contributed by atoms with Crippen LogP contribution in [-0.2, 0) is 4.43 Å². The SMILES string of the molecule is CC(C)(C)[Si](C)(C)O[C@H]1[C@H]2C[C@H]2C[C@@H]1NC(=O)O. The first-order valence-corrected chi connectivity index (χ1v) is 9.70. The molecule has 0 aliphatic heterocycles. The minimum absolute atomic E-state index is 0.000347. The lowest BCUT2D eigenvalue weighted by atomic mass is 10.1. The van der Waals surface area contributed by atoms with Crippen molar-refractivity contribution in [3.05, 3.63) is 0 Å². The van der Waals surface area contributed by atoms with Crippen LogP contribution in [0.4, 0.5) is 4.79 Å². The summed E-state index contributed by atoms with van der Waals surface area (Å²) in [6.45, 7) is 11.1. The summed E-state index contributed by atoms with van der Waals surface area (Å²) in [5.41, 5.74) is 0. The highest BCUT2D eigenvalue weighted by molar-refractivity contribution is 6.74. The van der Waals surface area contributed by atoms with Crippen LogP contribution in [0.15, 0.2) is 0 Å². The molecule has 2 saturated carbocycles. The summed E-state index contributed by atoms with van der Waals surface area (Å²) >= 11 is 0. The maximum atomic E-state index is 10.8. The van der Waals surface area contributed by atoms with Gasteiger partial charge in [-0.2, -0.15) is 0 Å². The van der Waals surface area contributed by atoms with Gasteiger partial charge < -0.3 is 14.8 Å². The number of carboxylic acid groups (broad SMARTS) is 1. The normalized spacial score (nSPS) is 35.2. The standard InChI is InChI=1S/C13H25NO3Si/c1-13(2,3)18(4,5)17-11-9-6-8(9)7-10(11)14-12(15)16/h8-11,14H,6-7H2,1-5H3,(H,15,16)/t8-,9-,10-,11-/m0/s1. The monoisotopic (exact) mass is 271 g/mol. The smallest absolute Gasteiger partial charge is 0.404 e. The lowest BCUT2D eigenvalue weighted by Crippen LogP contribution is -2.50. The van der Waals surface area contributed by atoms with Gasteiger partial charge in [0.25, 0.3) is 0 Å². The van der Waals surface area contributed by atoms with Crippen molar-refractivity contribution in [1.82, 2.24) is 5.32 Å².